The maximum Gasteiger partial charge on any atom is 0.313 e. The van der Waals surface area contributed by atoms with Gasteiger partial charge in [0.1, 0.15) is 5.60 Å². The molecule has 1 aliphatic carbocycles. The second-order valence-corrected chi connectivity index (χ2v) is 9.29. The lowest BCUT2D eigenvalue weighted by Gasteiger charge is -2.31. The van der Waals surface area contributed by atoms with Gasteiger partial charge in [-0.3, -0.25) is 14.4 Å². The molecule has 4 rings (SSSR count). The van der Waals surface area contributed by atoms with Gasteiger partial charge in [-0.15, -0.1) is 0 Å². The Kier molecular flexibility index (Phi) is 6.51. The smallest absolute Gasteiger partial charge is 0.313 e. The van der Waals surface area contributed by atoms with Crippen LogP contribution in [0.5, 0.6) is 0 Å². The summed E-state index contributed by atoms with van der Waals surface area (Å²) in [6.07, 6.45) is 3.53. The fraction of sp³-hybridized carbons (Fsp3) is 0.423. The van der Waals surface area contributed by atoms with Gasteiger partial charge in [-0.1, -0.05) is 50.2 Å². The first kappa shape index (κ1) is 23.0. The Balaban J connectivity index is 1.43. The average Bonchev–Trinajstić information content (AvgIpc) is 3.68. The summed E-state index contributed by atoms with van der Waals surface area (Å²) in [6, 6.07) is 14.6. The van der Waals surface area contributed by atoms with Crippen LogP contribution in [0.1, 0.15) is 44.2 Å². The number of rotatable bonds is 6. The molecule has 33 heavy (non-hydrogen) atoms. The molecule has 0 saturated heterocycles. The number of benzene rings is 2. The molecule has 0 aromatic heterocycles. The second-order valence-electron chi connectivity index (χ2n) is 9.29. The normalized spacial score (nSPS) is 17.2. The van der Waals surface area contributed by atoms with Crippen molar-refractivity contribution in [1.82, 2.24) is 5.32 Å². The van der Waals surface area contributed by atoms with Crippen molar-refractivity contribution in [2.24, 2.45) is 11.8 Å². The number of anilines is 2. The molecule has 0 radical (unpaired) electrons. The van der Waals surface area contributed by atoms with Gasteiger partial charge in [0.05, 0.1) is 6.54 Å². The van der Waals surface area contributed by atoms with Crippen LogP contribution in [-0.4, -0.2) is 35.9 Å². The largest absolute Gasteiger partial charge is 0.383 e. The highest BCUT2D eigenvalue weighted by Crippen LogP contribution is 2.45. The Bertz CT molecular complexity index is 1050. The molecule has 1 aliphatic heterocycles. The highest BCUT2D eigenvalue weighted by Gasteiger charge is 2.45. The lowest BCUT2D eigenvalue weighted by Crippen LogP contribution is -2.45. The number of aryl methyl sites for hydroxylation is 1. The zero-order valence-electron chi connectivity index (χ0n) is 19.1. The maximum atomic E-state index is 12.6. The van der Waals surface area contributed by atoms with Crippen LogP contribution in [0.4, 0.5) is 11.4 Å². The first-order chi connectivity index (χ1) is 15.8. The van der Waals surface area contributed by atoms with Crippen molar-refractivity contribution in [2.45, 2.75) is 45.1 Å². The predicted molar refractivity (Wildman–Crippen MR) is 127 cm³/mol. The summed E-state index contributed by atoms with van der Waals surface area (Å²) in [4.78, 5) is 39.4. The van der Waals surface area contributed by atoms with E-state index in [9.17, 15) is 19.5 Å². The standard InChI is InChI=1S/C26H31N3O4/c1-17(2)25(32)29-14-6-7-18-10-13-21(15-22(18)29)28-24(31)23(30)27-16-26(33,20-11-12-20)19-8-4-3-5-9-19/h3-5,8-10,13,15,17,20,33H,6-7,11-12,14,16H2,1-2H3,(H,27,30)(H,28,31). The van der Waals surface area contributed by atoms with Crippen LogP contribution < -0.4 is 15.5 Å². The van der Waals surface area contributed by atoms with Crippen molar-refractivity contribution in [3.05, 3.63) is 59.7 Å². The summed E-state index contributed by atoms with van der Waals surface area (Å²) in [6.45, 7) is 4.34. The lowest BCUT2D eigenvalue weighted by molar-refractivity contribution is -0.137. The van der Waals surface area contributed by atoms with E-state index < -0.39 is 17.4 Å². The molecule has 3 N–H and O–H groups in total. The fourth-order valence-electron chi connectivity index (χ4n) is 4.45. The molecule has 3 amide bonds. The number of hydrogen-bond donors (Lipinski definition) is 3. The van der Waals surface area contributed by atoms with Crippen LogP contribution in [0.3, 0.4) is 0 Å². The number of nitrogens with one attached hydrogen (secondary N) is 2. The molecular weight excluding hydrogens is 418 g/mol. The van der Waals surface area contributed by atoms with Gasteiger partial charge in [0.25, 0.3) is 0 Å². The zero-order chi connectivity index (χ0) is 23.6. The molecule has 7 nitrogen and oxygen atoms in total. The van der Waals surface area contributed by atoms with Crippen molar-refractivity contribution >= 4 is 29.1 Å². The van der Waals surface area contributed by atoms with Crippen LogP contribution in [0.15, 0.2) is 48.5 Å². The summed E-state index contributed by atoms with van der Waals surface area (Å²) < 4.78 is 0. The van der Waals surface area contributed by atoms with E-state index in [-0.39, 0.29) is 24.3 Å². The Morgan fingerprint density at radius 2 is 1.82 bits per heavy atom. The van der Waals surface area contributed by atoms with E-state index in [2.05, 4.69) is 10.6 Å². The molecule has 7 heteroatoms. The fourth-order valence-corrected chi connectivity index (χ4v) is 4.45. The number of carbonyl (C=O) groups excluding carboxylic acids is 3. The Morgan fingerprint density at radius 1 is 1.09 bits per heavy atom. The summed E-state index contributed by atoms with van der Waals surface area (Å²) in [5.41, 5.74) is 1.83. The van der Waals surface area contributed by atoms with Gasteiger partial charge in [0.2, 0.25) is 5.91 Å². The quantitative estimate of drug-likeness (QED) is 0.591. The lowest BCUT2D eigenvalue weighted by atomic mass is 9.88. The van der Waals surface area contributed by atoms with Crippen LogP contribution in [-0.2, 0) is 26.4 Å². The first-order valence-electron chi connectivity index (χ1n) is 11.6. The van der Waals surface area contributed by atoms with E-state index in [1.54, 1.807) is 17.0 Å². The minimum absolute atomic E-state index is 0.0329. The number of nitrogens with zero attached hydrogens (tertiary/aromatic N) is 1. The zero-order valence-corrected chi connectivity index (χ0v) is 19.1. The molecule has 0 bridgehead atoms. The molecule has 2 aromatic carbocycles. The number of carbonyl (C=O) groups is 3. The van der Waals surface area contributed by atoms with Crippen LogP contribution >= 0.6 is 0 Å². The molecule has 2 aromatic rings. The van der Waals surface area contributed by atoms with Crippen molar-refractivity contribution in [1.29, 1.82) is 0 Å². The van der Waals surface area contributed by atoms with Crippen molar-refractivity contribution < 1.29 is 19.5 Å². The minimum Gasteiger partial charge on any atom is -0.383 e. The number of fused-ring (bicyclic) bond motifs is 1. The predicted octanol–water partition coefficient (Wildman–Crippen LogP) is 2.97. The molecule has 0 spiro atoms. The second kappa shape index (κ2) is 9.35. The molecule has 1 heterocycles. The van der Waals surface area contributed by atoms with Crippen LogP contribution in [0.25, 0.3) is 0 Å². The summed E-state index contributed by atoms with van der Waals surface area (Å²) in [5, 5.41) is 16.4. The van der Waals surface area contributed by atoms with Crippen molar-refractivity contribution in [3.63, 3.8) is 0 Å². The van der Waals surface area contributed by atoms with Gasteiger partial charge >= 0.3 is 11.8 Å². The van der Waals surface area contributed by atoms with E-state index in [0.29, 0.717) is 12.2 Å². The van der Waals surface area contributed by atoms with Gasteiger partial charge in [0, 0.05) is 23.8 Å². The van der Waals surface area contributed by atoms with Gasteiger partial charge in [0.15, 0.2) is 0 Å². The molecule has 1 saturated carbocycles. The third-order valence-electron chi connectivity index (χ3n) is 6.47. The van der Waals surface area contributed by atoms with Crippen molar-refractivity contribution in [2.75, 3.05) is 23.3 Å². The highest BCUT2D eigenvalue weighted by molar-refractivity contribution is 6.39. The maximum absolute atomic E-state index is 12.6. The topological polar surface area (TPSA) is 98.7 Å². The van der Waals surface area contributed by atoms with Gasteiger partial charge < -0.3 is 20.6 Å². The third kappa shape index (κ3) is 4.93. The van der Waals surface area contributed by atoms with E-state index in [1.807, 2.05) is 50.2 Å². The molecule has 174 valence electrons. The highest BCUT2D eigenvalue weighted by atomic mass is 16.3. The Morgan fingerprint density at radius 3 is 2.48 bits per heavy atom. The van der Waals surface area contributed by atoms with Gasteiger partial charge in [-0.05, 0) is 54.9 Å². The van der Waals surface area contributed by atoms with E-state index in [0.717, 1.165) is 42.5 Å². The molecule has 2 aliphatic rings. The molecule has 1 atom stereocenters. The monoisotopic (exact) mass is 449 g/mol. The summed E-state index contributed by atoms with van der Waals surface area (Å²) >= 11 is 0. The number of aliphatic hydroxyl groups is 1. The Hall–Kier alpha value is -3.19. The SMILES string of the molecule is CC(C)C(=O)N1CCCc2ccc(NC(=O)C(=O)NCC(O)(c3ccccc3)C3CC3)cc21. The first-order valence-corrected chi connectivity index (χ1v) is 11.6. The van der Waals surface area contributed by atoms with Crippen LogP contribution in [0, 0.1) is 11.8 Å². The van der Waals surface area contributed by atoms with E-state index in [1.165, 1.54) is 0 Å². The summed E-state index contributed by atoms with van der Waals surface area (Å²) in [5.74, 6) is -1.64. The molecular formula is C26H31N3O4. The Labute approximate surface area is 194 Å². The van der Waals surface area contributed by atoms with Crippen LogP contribution in [0.2, 0.25) is 0 Å². The van der Waals surface area contributed by atoms with E-state index in [4.69, 9.17) is 0 Å². The van der Waals surface area contributed by atoms with Gasteiger partial charge in [-0.2, -0.15) is 0 Å². The average molecular weight is 450 g/mol. The third-order valence-corrected chi connectivity index (χ3v) is 6.47. The number of hydrogen-bond acceptors (Lipinski definition) is 4. The molecule has 1 unspecified atom stereocenters. The number of amides is 3. The van der Waals surface area contributed by atoms with E-state index >= 15 is 0 Å². The minimum atomic E-state index is -1.19. The van der Waals surface area contributed by atoms with Gasteiger partial charge in [-0.25, -0.2) is 0 Å². The summed E-state index contributed by atoms with van der Waals surface area (Å²) in [7, 11) is 0. The molecule has 1 fully saturated rings. The van der Waals surface area contributed by atoms with Crippen molar-refractivity contribution in [3.8, 4) is 0 Å².